The Balaban J connectivity index is 4.99. The molecule has 0 heterocycles. The highest BCUT2D eigenvalue weighted by Gasteiger charge is 2.20. The molecule has 0 aromatic heterocycles. The van der Waals surface area contributed by atoms with Gasteiger partial charge in [0.05, 0.1) is 37.6 Å². The predicted octanol–water partition coefficient (Wildman–Crippen LogP) is 4.80. The fourth-order valence-corrected chi connectivity index (χ4v) is 5.08. The number of hydrogen-bond acceptors (Lipinski definition) is 12. The minimum atomic E-state index is -1.05. The van der Waals surface area contributed by atoms with Gasteiger partial charge in [0, 0.05) is 18.1 Å². The number of aliphatic hydroxyl groups is 3. The maximum Gasteiger partial charge on any atom is 0.310 e. The molecule has 0 aliphatic rings. The van der Waals surface area contributed by atoms with Crippen molar-refractivity contribution in [1.29, 1.82) is 0 Å². The van der Waals surface area contributed by atoms with E-state index in [-0.39, 0.29) is 50.6 Å². The molecule has 0 saturated carbocycles. The zero-order valence-corrected chi connectivity index (χ0v) is 31.7. The van der Waals surface area contributed by atoms with Gasteiger partial charge in [-0.2, -0.15) is 0 Å². The molecule has 51 heavy (non-hydrogen) atoms. The van der Waals surface area contributed by atoms with Gasteiger partial charge in [-0.05, 0) is 38.5 Å². The second kappa shape index (κ2) is 32.1. The summed E-state index contributed by atoms with van der Waals surface area (Å²) < 4.78 is 16.1. The molecule has 0 amide bonds. The molecule has 0 fully saturated rings. The third-order valence-electron chi connectivity index (χ3n) is 8.55. The molecule has 12 heteroatoms. The average Bonchev–Trinajstić information content (AvgIpc) is 3.11. The minimum absolute atomic E-state index is 0.0667. The van der Waals surface area contributed by atoms with Gasteiger partial charge >= 0.3 is 17.9 Å². The van der Waals surface area contributed by atoms with E-state index in [0.717, 1.165) is 77.0 Å². The lowest BCUT2D eigenvalue weighted by molar-refractivity contribution is -0.165. The summed E-state index contributed by atoms with van der Waals surface area (Å²) in [6.45, 7) is 5.64. The van der Waals surface area contributed by atoms with E-state index in [1.165, 1.54) is 0 Å². The highest BCUT2D eigenvalue weighted by molar-refractivity contribution is 5.73. The Morgan fingerprint density at radius 1 is 0.510 bits per heavy atom. The first-order valence-electron chi connectivity index (χ1n) is 19.2. The largest absolute Gasteiger partial charge is 0.461 e. The van der Waals surface area contributed by atoms with Crippen molar-refractivity contribution >= 4 is 17.9 Å². The topological polar surface area (TPSA) is 218 Å². The van der Waals surface area contributed by atoms with E-state index >= 15 is 0 Å². The SMILES string of the molecule is CCCCCC(N)C(O)C/C=C/CC(=O)OCC(COC(=O)C/C=C/CC(O)C(N)CCCCC)OC(=O)C/C=C/CC(O)C(N)CCCCC. The Morgan fingerprint density at radius 2 is 0.824 bits per heavy atom. The number of esters is 3. The van der Waals surface area contributed by atoms with Crippen LogP contribution in [0.4, 0.5) is 0 Å². The first-order valence-corrected chi connectivity index (χ1v) is 19.2. The van der Waals surface area contributed by atoms with Gasteiger partial charge in [-0.1, -0.05) is 115 Å². The molecule has 12 nitrogen and oxygen atoms in total. The monoisotopic (exact) mass is 726 g/mol. The van der Waals surface area contributed by atoms with Crippen LogP contribution in [0.5, 0.6) is 0 Å². The van der Waals surface area contributed by atoms with E-state index in [9.17, 15) is 29.7 Å². The third kappa shape index (κ3) is 27.7. The van der Waals surface area contributed by atoms with E-state index in [1.54, 1.807) is 36.5 Å². The van der Waals surface area contributed by atoms with Crippen LogP contribution < -0.4 is 17.2 Å². The van der Waals surface area contributed by atoms with Crippen molar-refractivity contribution in [2.24, 2.45) is 17.2 Å². The van der Waals surface area contributed by atoms with Crippen LogP contribution in [0, 0.1) is 0 Å². The Hall–Kier alpha value is -2.61. The summed E-state index contributed by atoms with van der Waals surface area (Å²) in [5.74, 6) is -1.80. The van der Waals surface area contributed by atoms with Gasteiger partial charge in [0.25, 0.3) is 0 Å². The van der Waals surface area contributed by atoms with E-state index < -0.39 is 42.3 Å². The Bertz CT molecular complexity index is 939. The standard InChI is InChI=1S/C39H71N3O9/c1-4-7-10-19-31(40)34(43)22-13-16-25-37(46)49-28-30(51-39(48)27-18-15-24-36(45)33(42)21-12-9-6-3)29-50-38(47)26-17-14-23-35(44)32(41)20-11-8-5-2/h13-18,30-36,43-45H,4-12,19-29,40-42H2,1-3H3/b16-13+,17-14+,18-15+. The van der Waals surface area contributed by atoms with Gasteiger partial charge in [0.15, 0.2) is 6.10 Å². The summed E-state index contributed by atoms with van der Waals surface area (Å²) >= 11 is 0. The Labute approximate surface area is 307 Å². The van der Waals surface area contributed by atoms with E-state index in [0.29, 0.717) is 19.3 Å². The van der Waals surface area contributed by atoms with Crippen LogP contribution in [0.25, 0.3) is 0 Å². The summed E-state index contributed by atoms with van der Waals surface area (Å²) in [7, 11) is 0. The van der Waals surface area contributed by atoms with Gasteiger partial charge in [0.1, 0.15) is 13.2 Å². The maximum absolute atomic E-state index is 12.6. The molecular weight excluding hydrogens is 654 g/mol. The van der Waals surface area contributed by atoms with Crippen molar-refractivity contribution in [3.05, 3.63) is 36.5 Å². The molecule has 0 rings (SSSR count). The molecule has 0 bridgehead atoms. The molecule has 0 radical (unpaired) electrons. The lowest BCUT2D eigenvalue weighted by Gasteiger charge is -2.18. The number of nitrogens with two attached hydrogens (primary N) is 3. The van der Waals surface area contributed by atoms with Crippen molar-refractivity contribution < 1.29 is 43.9 Å². The fraction of sp³-hybridized carbons (Fsp3) is 0.769. The summed E-state index contributed by atoms with van der Waals surface area (Å²) in [6.07, 6.45) is 18.7. The lowest BCUT2D eigenvalue weighted by Crippen LogP contribution is -2.34. The first-order chi connectivity index (χ1) is 24.4. The molecular formula is C39H71N3O9. The number of carbonyl (C=O) groups is 3. The number of carbonyl (C=O) groups excluding carboxylic acids is 3. The van der Waals surface area contributed by atoms with Crippen LogP contribution in [0.1, 0.15) is 136 Å². The van der Waals surface area contributed by atoms with Gasteiger partial charge in [-0.25, -0.2) is 0 Å². The molecule has 6 atom stereocenters. The van der Waals surface area contributed by atoms with Gasteiger partial charge in [-0.15, -0.1) is 0 Å². The average molecular weight is 726 g/mol. The fourth-order valence-electron chi connectivity index (χ4n) is 5.08. The first kappa shape index (κ1) is 48.4. The molecule has 0 aromatic carbocycles. The molecule has 0 aliphatic heterocycles. The van der Waals surface area contributed by atoms with Crippen LogP contribution in [-0.2, 0) is 28.6 Å². The zero-order valence-electron chi connectivity index (χ0n) is 31.7. The van der Waals surface area contributed by atoms with Crippen LogP contribution >= 0.6 is 0 Å². The van der Waals surface area contributed by atoms with Crippen molar-refractivity contribution in [2.75, 3.05) is 13.2 Å². The van der Waals surface area contributed by atoms with Crippen LogP contribution in [0.15, 0.2) is 36.5 Å². The summed E-state index contributed by atoms with van der Waals surface area (Å²) in [5, 5.41) is 30.8. The zero-order chi connectivity index (χ0) is 38.3. The Kier molecular flexibility index (Phi) is 30.4. The number of ether oxygens (including phenoxy) is 3. The molecule has 0 aromatic rings. The molecule has 0 saturated heterocycles. The maximum atomic E-state index is 12.6. The quantitative estimate of drug-likeness (QED) is 0.0239. The smallest absolute Gasteiger partial charge is 0.310 e. The van der Waals surface area contributed by atoms with Gasteiger partial charge in [0.2, 0.25) is 0 Å². The molecule has 296 valence electrons. The summed E-state index contributed by atoms with van der Waals surface area (Å²) in [4.78, 5) is 37.4. The highest BCUT2D eigenvalue weighted by atomic mass is 16.6. The second-order valence-electron chi connectivity index (χ2n) is 13.4. The molecule has 9 N–H and O–H groups in total. The second-order valence-corrected chi connectivity index (χ2v) is 13.4. The molecule has 6 unspecified atom stereocenters. The number of unbranched alkanes of at least 4 members (excludes halogenated alkanes) is 6. The van der Waals surface area contributed by atoms with Crippen molar-refractivity contribution in [2.45, 2.75) is 179 Å². The van der Waals surface area contributed by atoms with Crippen molar-refractivity contribution in [3.63, 3.8) is 0 Å². The highest BCUT2D eigenvalue weighted by Crippen LogP contribution is 2.11. The van der Waals surface area contributed by atoms with Crippen LogP contribution in [0.2, 0.25) is 0 Å². The van der Waals surface area contributed by atoms with Gasteiger partial charge in [-0.3, -0.25) is 14.4 Å². The number of aliphatic hydroxyl groups excluding tert-OH is 3. The normalized spacial score (nSPS) is 16.2. The predicted molar refractivity (Wildman–Crippen MR) is 201 cm³/mol. The van der Waals surface area contributed by atoms with E-state index in [4.69, 9.17) is 31.4 Å². The van der Waals surface area contributed by atoms with Crippen molar-refractivity contribution in [1.82, 2.24) is 0 Å². The van der Waals surface area contributed by atoms with E-state index in [2.05, 4.69) is 20.8 Å². The summed E-state index contributed by atoms with van der Waals surface area (Å²) in [6, 6.07) is -1.01. The lowest BCUT2D eigenvalue weighted by atomic mass is 10.0. The van der Waals surface area contributed by atoms with Crippen LogP contribution in [-0.4, -0.2) is 89.0 Å². The minimum Gasteiger partial charge on any atom is -0.461 e. The van der Waals surface area contributed by atoms with Crippen LogP contribution in [0.3, 0.4) is 0 Å². The third-order valence-corrected chi connectivity index (χ3v) is 8.55. The number of rotatable bonds is 32. The van der Waals surface area contributed by atoms with E-state index in [1.807, 2.05) is 0 Å². The van der Waals surface area contributed by atoms with Crippen molar-refractivity contribution in [3.8, 4) is 0 Å². The molecule has 0 aliphatic carbocycles. The Morgan fingerprint density at radius 3 is 1.14 bits per heavy atom. The van der Waals surface area contributed by atoms with Gasteiger partial charge < -0.3 is 46.7 Å². The summed E-state index contributed by atoms with van der Waals surface area (Å²) in [5.41, 5.74) is 18.1. The molecule has 0 spiro atoms. The number of hydrogen-bond donors (Lipinski definition) is 6.